The highest BCUT2D eigenvalue weighted by Gasteiger charge is 2.25. The van der Waals surface area contributed by atoms with E-state index in [9.17, 15) is 4.79 Å². The topological polar surface area (TPSA) is 63.5 Å². The number of pyridine rings is 1. The molecule has 32 heavy (non-hydrogen) atoms. The van der Waals surface area contributed by atoms with Crippen LogP contribution in [0.3, 0.4) is 0 Å². The van der Waals surface area contributed by atoms with Gasteiger partial charge in [-0.25, -0.2) is 0 Å². The molecule has 0 aliphatic carbocycles. The highest BCUT2D eigenvalue weighted by molar-refractivity contribution is 5.77. The van der Waals surface area contributed by atoms with Crippen LogP contribution in [0, 0.1) is 0 Å². The number of amides is 1. The quantitative estimate of drug-likeness (QED) is 0.568. The molecule has 3 heterocycles. The molecule has 0 spiro atoms. The van der Waals surface area contributed by atoms with Crippen LogP contribution < -0.4 is 9.64 Å². The Balaban J connectivity index is 1.33. The third-order valence-electron chi connectivity index (χ3n) is 6.17. The number of rotatable bonds is 7. The zero-order valence-electron chi connectivity index (χ0n) is 19.1. The number of aryl methyl sites for hydroxylation is 1. The van der Waals surface area contributed by atoms with Crippen LogP contribution in [0.25, 0.3) is 11.1 Å². The van der Waals surface area contributed by atoms with Crippen molar-refractivity contribution in [3.8, 4) is 16.9 Å². The molecule has 1 unspecified atom stereocenters. The molecule has 7 heteroatoms. The number of anilines is 1. The van der Waals surface area contributed by atoms with E-state index in [0.717, 1.165) is 54.2 Å². The lowest BCUT2D eigenvalue weighted by Crippen LogP contribution is -2.40. The van der Waals surface area contributed by atoms with Crippen LogP contribution in [-0.2, 0) is 11.8 Å². The second kappa shape index (κ2) is 9.85. The molecule has 1 fully saturated rings. The van der Waals surface area contributed by atoms with Crippen LogP contribution in [0.2, 0.25) is 0 Å². The number of methoxy groups -OCH3 is 1. The molecule has 1 atom stereocenters. The van der Waals surface area contributed by atoms with Crippen molar-refractivity contribution in [3.05, 3.63) is 60.7 Å². The zero-order valence-corrected chi connectivity index (χ0v) is 19.1. The van der Waals surface area contributed by atoms with Gasteiger partial charge in [0.25, 0.3) is 0 Å². The number of carbonyl (C=O) groups excluding carboxylic acids is 1. The molecule has 0 saturated carbocycles. The van der Waals surface area contributed by atoms with Gasteiger partial charge in [-0.1, -0.05) is 12.1 Å². The number of carbonyl (C=O) groups is 1. The molecular weight excluding hydrogens is 402 g/mol. The van der Waals surface area contributed by atoms with Gasteiger partial charge in [-0.2, -0.15) is 5.10 Å². The summed E-state index contributed by atoms with van der Waals surface area (Å²) >= 11 is 0. The van der Waals surface area contributed by atoms with Gasteiger partial charge in [-0.3, -0.25) is 14.5 Å². The molecule has 2 aromatic heterocycles. The molecule has 1 aliphatic heterocycles. The Morgan fingerprint density at radius 3 is 2.81 bits per heavy atom. The van der Waals surface area contributed by atoms with Crippen LogP contribution in [0.15, 0.2) is 55.0 Å². The first-order valence-electron chi connectivity index (χ1n) is 11.1. The van der Waals surface area contributed by atoms with Crippen LogP contribution in [0.4, 0.5) is 5.69 Å². The van der Waals surface area contributed by atoms with E-state index in [-0.39, 0.29) is 11.8 Å². The van der Waals surface area contributed by atoms with Gasteiger partial charge in [0.15, 0.2) is 0 Å². The van der Waals surface area contributed by atoms with Crippen molar-refractivity contribution >= 4 is 11.6 Å². The molecule has 0 N–H and O–H groups in total. The second-order valence-corrected chi connectivity index (χ2v) is 8.43. The molecule has 0 radical (unpaired) electrons. The minimum atomic E-state index is 0.205. The Labute approximate surface area is 189 Å². The van der Waals surface area contributed by atoms with Gasteiger partial charge in [-0.15, -0.1) is 0 Å². The van der Waals surface area contributed by atoms with E-state index >= 15 is 0 Å². The monoisotopic (exact) mass is 433 g/mol. The van der Waals surface area contributed by atoms with E-state index in [1.54, 1.807) is 11.8 Å². The summed E-state index contributed by atoms with van der Waals surface area (Å²) < 4.78 is 7.09. The van der Waals surface area contributed by atoms with Crippen molar-refractivity contribution in [1.82, 2.24) is 19.7 Å². The van der Waals surface area contributed by atoms with Gasteiger partial charge >= 0.3 is 0 Å². The lowest BCUT2D eigenvalue weighted by molar-refractivity contribution is -0.132. The molecular formula is C25H31N5O2. The highest BCUT2D eigenvalue weighted by atomic mass is 16.5. The van der Waals surface area contributed by atoms with Crippen molar-refractivity contribution in [2.24, 2.45) is 7.05 Å². The second-order valence-electron chi connectivity index (χ2n) is 8.43. The maximum absolute atomic E-state index is 12.9. The number of hydrogen-bond donors (Lipinski definition) is 0. The van der Waals surface area contributed by atoms with Gasteiger partial charge in [0.05, 0.1) is 13.3 Å². The number of benzene rings is 1. The molecule has 4 rings (SSSR count). The summed E-state index contributed by atoms with van der Waals surface area (Å²) in [4.78, 5) is 21.7. The van der Waals surface area contributed by atoms with Crippen molar-refractivity contribution in [3.63, 3.8) is 0 Å². The standard InChI is InChI=1S/C25H31N5O2/c1-28(22-7-4-8-23(14-22)32-3)13-11-25(31)30-12-5-6-20(18-30)24-10-9-19(15-26-24)21-16-27-29(2)17-21/h4,7-10,14-17,20H,5-6,11-13,18H2,1-3H3. The fraction of sp³-hybridized carbons (Fsp3) is 0.400. The van der Waals surface area contributed by atoms with E-state index in [0.29, 0.717) is 13.0 Å². The van der Waals surface area contributed by atoms with Crippen LogP contribution in [-0.4, -0.2) is 59.4 Å². The molecule has 168 valence electrons. The average Bonchev–Trinajstić information content (AvgIpc) is 3.28. The summed E-state index contributed by atoms with van der Waals surface area (Å²) in [6.07, 6.45) is 8.31. The third-order valence-corrected chi connectivity index (χ3v) is 6.17. The van der Waals surface area contributed by atoms with Gasteiger partial charge in [0.1, 0.15) is 5.75 Å². The number of hydrogen-bond acceptors (Lipinski definition) is 5. The summed E-state index contributed by atoms with van der Waals surface area (Å²) in [5.41, 5.74) is 4.23. The van der Waals surface area contributed by atoms with Crippen LogP contribution >= 0.6 is 0 Å². The number of ether oxygens (including phenoxy) is 1. The molecule has 3 aromatic rings. The molecule has 0 bridgehead atoms. The SMILES string of the molecule is COc1cccc(N(C)CCC(=O)N2CCCC(c3ccc(-c4cnn(C)c4)cn3)C2)c1. The third kappa shape index (κ3) is 5.10. The van der Waals surface area contributed by atoms with E-state index < -0.39 is 0 Å². The highest BCUT2D eigenvalue weighted by Crippen LogP contribution is 2.28. The van der Waals surface area contributed by atoms with Gasteiger partial charge in [0.2, 0.25) is 5.91 Å². The smallest absolute Gasteiger partial charge is 0.224 e. The van der Waals surface area contributed by atoms with Crippen molar-refractivity contribution in [2.45, 2.75) is 25.2 Å². The lowest BCUT2D eigenvalue weighted by Gasteiger charge is -2.33. The normalized spacial score (nSPS) is 16.1. The molecule has 7 nitrogen and oxygen atoms in total. The average molecular weight is 434 g/mol. The van der Waals surface area contributed by atoms with E-state index in [1.165, 1.54) is 0 Å². The molecule has 1 aromatic carbocycles. The van der Waals surface area contributed by atoms with Gasteiger partial charge in [-0.05, 0) is 31.0 Å². The van der Waals surface area contributed by atoms with E-state index in [1.807, 2.05) is 61.9 Å². The Morgan fingerprint density at radius 1 is 1.22 bits per heavy atom. The minimum Gasteiger partial charge on any atom is -0.497 e. The molecule has 1 saturated heterocycles. The lowest BCUT2D eigenvalue weighted by atomic mass is 9.93. The number of likely N-dealkylation sites (tertiary alicyclic amines) is 1. The summed E-state index contributed by atoms with van der Waals surface area (Å²) in [7, 11) is 5.58. The minimum absolute atomic E-state index is 0.205. The molecule has 1 amide bonds. The Kier molecular flexibility index (Phi) is 6.73. The fourth-order valence-electron chi connectivity index (χ4n) is 4.23. The fourth-order valence-corrected chi connectivity index (χ4v) is 4.23. The predicted octanol–water partition coefficient (Wildman–Crippen LogP) is 3.72. The summed E-state index contributed by atoms with van der Waals surface area (Å²) in [6.45, 7) is 2.23. The number of aromatic nitrogens is 3. The maximum atomic E-state index is 12.9. The Morgan fingerprint density at radius 2 is 2.09 bits per heavy atom. The maximum Gasteiger partial charge on any atom is 0.224 e. The summed E-state index contributed by atoms with van der Waals surface area (Å²) in [6, 6.07) is 12.1. The van der Waals surface area contributed by atoms with E-state index in [2.05, 4.69) is 22.1 Å². The van der Waals surface area contributed by atoms with Crippen molar-refractivity contribution < 1.29 is 9.53 Å². The van der Waals surface area contributed by atoms with Gasteiger partial charge < -0.3 is 14.5 Å². The van der Waals surface area contributed by atoms with Crippen molar-refractivity contribution in [1.29, 1.82) is 0 Å². The largest absolute Gasteiger partial charge is 0.497 e. The Hall–Kier alpha value is -3.35. The molecule has 1 aliphatic rings. The van der Waals surface area contributed by atoms with Gasteiger partial charge in [0, 0.05) is 87.0 Å². The zero-order chi connectivity index (χ0) is 22.5. The number of nitrogens with zero attached hydrogens (tertiary/aromatic N) is 5. The summed E-state index contributed by atoms with van der Waals surface area (Å²) in [5, 5.41) is 4.23. The predicted molar refractivity (Wildman–Crippen MR) is 126 cm³/mol. The van der Waals surface area contributed by atoms with Crippen LogP contribution in [0.5, 0.6) is 5.75 Å². The Bertz CT molecular complexity index is 1050. The van der Waals surface area contributed by atoms with E-state index in [4.69, 9.17) is 9.72 Å². The number of piperidine rings is 1. The first-order chi connectivity index (χ1) is 15.5. The first-order valence-corrected chi connectivity index (χ1v) is 11.1. The van der Waals surface area contributed by atoms with Crippen LogP contribution in [0.1, 0.15) is 30.9 Å². The summed E-state index contributed by atoms with van der Waals surface area (Å²) in [5.74, 6) is 1.31. The first kappa shape index (κ1) is 21.9. The van der Waals surface area contributed by atoms with Crippen molar-refractivity contribution in [2.75, 3.05) is 38.7 Å².